The van der Waals surface area contributed by atoms with Crippen LogP contribution >= 0.6 is 0 Å². The predicted octanol–water partition coefficient (Wildman–Crippen LogP) is 0.609. The number of amides is 1. The van der Waals surface area contributed by atoms with Crippen LogP contribution in [0.5, 0.6) is 0 Å². The Labute approximate surface area is 97.1 Å². The molecular formula is C12H22N2O2. The highest BCUT2D eigenvalue weighted by atomic mass is 16.5. The molecule has 2 rings (SSSR count). The molecule has 1 saturated heterocycles. The van der Waals surface area contributed by atoms with Gasteiger partial charge in [-0.05, 0) is 31.1 Å². The fourth-order valence-corrected chi connectivity index (χ4v) is 2.91. The molecule has 2 N–H and O–H groups in total. The van der Waals surface area contributed by atoms with E-state index < -0.39 is 0 Å². The van der Waals surface area contributed by atoms with Crippen molar-refractivity contribution in [1.82, 2.24) is 4.90 Å². The molecule has 1 aliphatic heterocycles. The number of ether oxygens (including phenoxy) is 1. The van der Waals surface area contributed by atoms with Crippen LogP contribution in [0.3, 0.4) is 0 Å². The Bertz CT molecular complexity index is 257. The van der Waals surface area contributed by atoms with Crippen molar-refractivity contribution in [3.05, 3.63) is 0 Å². The first kappa shape index (κ1) is 11.9. The van der Waals surface area contributed by atoms with Crippen LogP contribution in [0, 0.1) is 11.8 Å². The van der Waals surface area contributed by atoms with Crippen molar-refractivity contribution in [2.45, 2.75) is 32.2 Å². The van der Waals surface area contributed by atoms with Gasteiger partial charge in [0.1, 0.15) is 6.61 Å². The first-order valence-corrected chi connectivity index (χ1v) is 6.33. The van der Waals surface area contributed by atoms with E-state index in [1.54, 1.807) is 0 Å². The number of fused-ring (bicyclic) bond motifs is 1. The zero-order valence-electron chi connectivity index (χ0n) is 10.0. The van der Waals surface area contributed by atoms with Gasteiger partial charge in [-0.25, -0.2) is 0 Å². The summed E-state index contributed by atoms with van der Waals surface area (Å²) in [5.41, 5.74) is 6.03. The second-order valence-corrected chi connectivity index (χ2v) is 5.02. The minimum absolute atomic E-state index is 0.134. The molecule has 16 heavy (non-hydrogen) atoms. The van der Waals surface area contributed by atoms with E-state index in [9.17, 15) is 4.79 Å². The number of rotatable bonds is 4. The molecule has 3 unspecified atom stereocenters. The van der Waals surface area contributed by atoms with Crippen molar-refractivity contribution >= 4 is 5.91 Å². The number of hydrogen-bond acceptors (Lipinski definition) is 3. The number of likely N-dealkylation sites (tertiary alicyclic amines) is 1. The Morgan fingerprint density at radius 1 is 1.44 bits per heavy atom. The maximum atomic E-state index is 11.8. The highest BCUT2D eigenvalue weighted by Crippen LogP contribution is 2.36. The summed E-state index contributed by atoms with van der Waals surface area (Å²) in [5.74, 6) is 1.32. The molecule has 3 atom stereocenters. The van der Waals surface area contributed by atoms with Gasteiger partial charge in [0.2, 0.25) is 5.91 Å². The lowest BCUT2D eigenvalue weighted by molar-refractivity contribution is -0.135. The maximum Gasteiger partial charge on any atom is 0.248 e. The summed E-state index contributed by atoms with van der Waals surface area (Å²) in [6.07, 6.45) is 3.28. The zero-order chi connectivity index (χ0) is 11.5. The molecule has 1 amide bonds. The lowest BCUT2D eigenvalue weighted by Gasteiger charge is -2.18. The molecule has 2 aliphatic rings. The Morgan fingerprint density at radius 3 is 2.94 bits per heavy atom. The molecule has 4 nitrogen and oxygen atoms in total. The van der Waals surface area contributed by atoms with E-state index in [1.165, 1.54) is 6.42 Å². The van der Waals surface area contributed by atoms with Gasteiger partial charge in [-0.15, -0.1) is 0 Å². The summed E-state index contributed by atoms with van der Waals surface area (Å²) in [6, 6.07) is 0.305. The molecule has 0 aromatic carbocycles. The molecule has 1 heterocycles. The summed E-state index contributed by atoms with van der Waals surface area (Å²) in [4.78, 5) is 13.8. The Morgan fingerprint density at radius 2 is 2.25 bits per heavy atom. The van der Waals surface area contributed by atoms with Crippen LogP contribution in [0.1, 0.15) is 26.2 Å². The Hall–Kier alpha value is -0.610. The van der Waals surface area contributed by atoms with Gasteiger partial charge in [0.25, 0.3) is 0 Å². The van der Waals surface area contributed by atoms with Gasteiger partial charge < -0.3 is 15.4 Å². The number of hydrogen-bond donors (Lipinski definition) is 1. The third-order valence-electron chi connectivity index (χ3n) is 3.84. The van der Waals surface area contributed by atoms with Crippen LogP contribution in [0.15, 0.2) is 0 Å². The van der Waals surface area contributed by atoms with Gasteiger partial charge in [0.15, 0.2) is 0 Å². The largest absolute Gasteiger partial charge is 0.372 e. The molecule has 1 saturated carbocycles. The minimum Gasteiger partial charge on any atom is -0.372 e. The van der Waals surface area contributed by atoms with Crippen molar-refractivity contribution in [3.8, 4) is 0 Å². The molecule has 0 bridgehead atoms. The SMILES string of the molecule is CCCOCC(=O)N1CC2CCC(N)C2C1. The van der Waals surface area contributed by atoms with Crippen molar-refractivity contribution in [1.29, 1.82) is 0 Å². The molecular weight excluding hydrogens is 204 g/mol. The lowest BCUT2D eigenvalue weighted by Crippen LogP contribution is -2.35. The van der Waals surface area contributed by atoms with E-state index in [0.29, 0.717) is 24.5 Å². The van der Waals surface area contributed by atoms with Crippen LogP contribution in [0.25, 0.3) is 0 Å². The number of carbonyl (C=O) groups excluding carboxylic acids is 1. The fourth-order valence-electron chi connectivity index (χ4n) is 2.91. The second kappa shape index (κ2) is 5.15. The predicted molar refractivity (Wildman–Crippen MR) is 61.9 cm³/mol. The average molecular weight is 226 g/mol. The maximum absolute atomic E-state index is 11.8. The summed E-state index contributed by atoms with van der Waals surface area (Å²) < 4.78 is 5.28. The standard InChI is InChI=1S/C12H22N2O2/c1-2-5-16-8-12(15)14-6-9-3-4-11(13)10(9)7-14/h9-11H,2-8,13H2,1H3. The number of nitrogens with zero attached hydrogens (tertiary/aromatic N) is 1. The highest BCUT2D eigenvalue weighted by molar-refractivity contribution is 5.77. The van der Waals surface area contributed by atoms with Crippen LogP contribution < -0.4 is 5.73 Å². The topological polar surface area (TPSA) is 55.6 Å². The lowest BCUT2D eigenvalue weighted by atomic mass is 9.98. The van der Waals surface area contributed by atoms with Gasteiger partial charge in [0, 0.05) is 25.7 Å². The Kier molecular flexibility index (Phi) is 3.82. The quantitative estimate of drug-likeness (QED) is 0.715. The summed E-state index contributed by atoms with van der Waals surface area (Å²) in [7, 11) is 0. The van der Waals surface area contributed by atoms with E-state index in [4.69, 9.17) is 10.5 Å². The molecule has 4 heteroatoms. The molecule has 2 fully saturated rings. The van der Waals surface area contributed by atoms with Gasteiger partial charge >= 0.3 is 0 Å². The van der Waals surface area contributed by atoms with Crippen LogP contribution in [0.2, 0.25) is 0 Å². The van der Waals surface area contributed by atoms with Crippen LogP contribution in [-0.2, 0) is 9.53 Å². The van der Waals surface area contributed by atoms with E-state index in [-0.39, 0.29) is 12.5 Å². The second-order valence-electron chi connectivity index (χ2n) is 5.02. The number of carbonyl (C=O) groups is 1. The minimum atomic E-state index is 0.134. The molecule has 0 spiro atoms. The smallest absolute Gasteiger partial charge is 0.248 e. The molecule has 0 radical (unpaired) electrons. The van der Waals surface area contributed by atoms with E-state index in [0.717, 1.165) is 25.9 Å². The van der Waals surface area contributed by atoms with E-state index >= 15 is 0 Å². The molecule has 1 aliphatic carbocycles. The number of nitrogens with two attached hydrogens (primary N) is 1. The third kappa shape index (κ3) is 2.38. The molecule has 92 valence electrons. The zero-order valence-corrected chi connectivity index (χ0v) is 10.0. The van der Waals surface area contributed by atoms with E-state index in [2.05, 4.69) is 0 Å². The summed E-state index contributed by atoms with van der Waals surface area (Å²) >= 11 is 0. The van der Waals surface area contributed by atoms with Crippen molar-refractivity contribution in [3.63, 3.8) is 0 Å². The fraction of sp³-hybridized carbons (Fsp3) is 0.917. The summed E-state index contributed by atoms with van der Waals surface area (Å²) in [5, 5.41) is 0. The van der Waals surface area contributed by atoms with Gasteiger partial charge in [-0.1, -0.05) is 6.92 Å². The Balaban J connectivity index is 1.78. The van der Waals surface area contributed by atoms with Gasteiger partial charge in [-0.3, -0.25) is 4.79 Å². The normalized spacial score (nSPS) is 33.1. The first-order chi connectivity index (χ1) is 7.72. The van der Waals surface area contributed by atoms with Gasteiger partial charge in [-0.2, -0.15) is 0 Å². The van der Waals surface area contributed by atoms with Crippen LogP contribution in [-0.4, -0.2) is 43.2 Å². The summed E-state index contributed by atoms with van der Waals surface area (Å²) in [6.45, 7) is 4.70. The van der Waals surface area contributed by atoms with Crippen molar-refractivity contribution in [2.24, 2.45) is 17.6 Å². The third-order valence-corrected chi connectivity index (χ3v) is 3.84. The molecule has 0 aromatic heterocycles. The molecule has 0 aromatic rings. The highest BCUT2D eigenvalue weighted by Gasteiger charge is 2.42. The average Bonchev–Trinajstić information content (AvgIpc) is 2.82. The first-order valence-electron chi connectivity index (χ1n) is 6.33. The monoisotopic (exact) mass is 226 g/mol. The van der Waals surface area contributed by atoms with Crippen molar-refractivity contribution in [2.75, 3.05) is 26.3 Å². The van der Waals surface area contributed by atoms with Gasteiger partial charge in [0.05, 0.1) is 0 Å². The van der Waals surface area contributed by atoms with Crippen LogP contribution in [0.4, 0.5) is 0 Å². The van der Waals surface area contributed by atoms with E-state index in [1.807, 2.05) is 11.8 Å². The van der Waals surface area contributed by atoms with Crippen molar-refractivity contribution < 1.29 is 9.53 Å².